The Morgan fingerprint density at radius 3 is 1.86 bits per heavy atom. The first-order chi connectivity index (χ1) is 17.6. The van der Waals surface area contributed by atoms with Crippen LogP contribution in [0.5, 0.6) is 17.2 Å². The van der Waals surface area contributed by atoms with Crippen LogP contribution in [-0.2, 0) is 15.0 Å². The number of benzene rings is 3. The molecule has 0 bridgehead atoms. The summed E-state index contributed by atoms with van der Waals surface area (Å²) in [6.07, 6.45) is 0. The van der Waals surface area contributed by atoms with E-state index in [0.717, 1.165) is 5.56 Å². The average Bonchev–Trinajstić information content (AvgIpc) is 3.17. The van der Waals surface area contributed by atoms with E-state index in [9.17, 15) is 14.7 Å². The van der Waals surface area contributed by atoms with Crippen LogP contribution in [0, 0.1) is 0 Å². The summed E-state index contributed by atoms with van der Waals surface area (Å²) in [6, 6.07) is 18.7. The highest BCUT2D eigenvalue weighted by Crippen LogP contribution is 2.45. The Bertz CT molecular complexity index is 1330. The quantitative estimate of drug-likeness (QED) is 0.267. The number of rotatable bonds is 6. The van der Waals surface area contributed by atoms with Gasteiger partial charge in [-0.25, -0.2) is 0 Å². The van der Waals surface area contributed by atoms with Crippen molar-refractivity contribution in [3.05, 3.63) is 89.0 Å². The van der Waals surface area contributed by atoms with E-state index >= 15 is 0 Å². The summed E-state index contributed by atoms with van der Waals surface area (Å²) in [7, 11) is 4.48. The van der Waals surface area contributed by atoms with E-state index in [-0.39, 0.29) is 22.3 Å². The Hall–Kier alpha value is -4.26. The number of ether oxygens (including phenoxy) is 3. The summed E-state index contributed by atoms with van der Waals surface area (Å²) in [4.78, 5) is 28.4. The lowest BCUT2D eigenvalue weighted by Gasteiger charge is -2.27. The maximum atomic E-state index is 13.5. The van der Waals surface area contributed by atoms with E-state index in [1.165, 1.54) is 19.1 Å². The fourth-order valence-electron chi connectivity index (χ4n) is 4.54. The molecule has 1 heterocycles. The van der Waals surface area contributed by atoms with Gasteiger partial charge in [0, 0.05) is 5.69 Å². The fraction of sp³-hybridized carbons (Fsp3) is 0.267. The third-order valence-corrected chi connectivity index (χ3v) is 6.55. The third-order valence-electron chi connectivity index (χ3n) is 6.55. The van der Waals surface area contributed by atoms with E-state index in [0.29, 0.717) is 28.5 Å². The predicted molar refractivity (Wildman–Crippen MR) is 142 cm³/mol. The third kappa shape index (κ3) is 4.65. The number of aliphatic hydroxyl groups is 1. The van der Waals surface area contributed by atoms with E-state index in [2.05, 4.69) is 20.8 Å². The van der Waals surface area contributed by atoms with Crippen LogP contribution in [0.4, 0.5) is 5.69 Å². The topological polar surface area (TPSA) is 85.3 Å². The molecule has 192 valence electrons. The van der Waals surface area contributed by atoms with Gasteiger partial charge in [0.15, 0.2) is 0 Å². The largest absolute Gasteiger partial charge is 0.506 e. The van der Waals surface area contributed by atoms with Crippen molar-refractivity contribution in [1.29, 1.82) is 0 Å². The average molecular weight is 502 g/mol. The van der Waals surface area contributed by atoms with Crippen molar-refractivity contribution in [2.24, 2.45) is 0 Å². The molecule has 3 aromatic rings. The number of aliphatic hydroxyl groups excluding tert-OH is 1. The van der Waals surface area contributed by atoms with Crippen LogP contribution in [0.25, 0.3) is 5.76 Å². The van der Waals surface area contributed by atoms with Crippen molar-refractivity contribution in [2.75, 3.05) is 26.2 Å². The standard InChI is InChI=1S/C30H31NO6/c1-30(2,3)19-12-14-20(15-13-19)31-26(18-10-16-21(35-4)17-11-18)25(28(33)29(31)34)27(32)24-22(36-5)8-7-9-23(24)37-6/h7-17,26,32H,1-6H3/b27-25+. The first-order valence-electron chi connectivity index (χ1n) is 11.9. The molecule has 7 nitrogen and oxygen atoms in total. The van der Waals surface area contributed by atoms with E-state index < -0.39 is 17.7 Å². The molecule has 1 N–H and O–H groups in total. The van der Waals surface area contributed by atoms with Gasteiger partial charge in [-0.2, -0.15) is 0 Å². The van der Waals surface area contributed by atoms with Crippen LogP contribution >= 0.6 is 0 Å². The van der Waals surface area contributed by atoms with Gasteiger partial charge in [0.2, 0.25) is 0 Å². The molecule has 37 heavy (non-hydrogen) atoms. The molecule has 1 saturated heterocycles. The molecule has 0 aromatic heterocycles. The van der Waals surface area contributed by atoms with Crippen LogP contribution in [0.15, 0.2) is 72.3 Å². The molecule has 3 aromatic carbocycles. The Morgan fingerprint density at radius 2 is 1.38 bits per heavy atom. The lowest BCUT2D eigenvalue weighted by molar-refractivity contribution is -0.132. The van der Waals surface area contributed by atoms with Crippen molar-refractivity contribution in [1.82, 2.24) is 0 Å². The van der Waals surface area contributed by atoms with E-state index in [4.69, 9.17) is 14.2 Å². The Kier molecular flexibility index (Phi) is 6.99. The highest BCUT2D eigenvalue weighted by molar-refractivity contribution is 6.51. The SMILES string of the molecule is COc1ccc(C2/C(=C(\O)c3c(OC)cccc3OC)C(=O)C(=O)N2c2ccc(C(C)(C)C)cc2)cc1. The van der Waals surface area contributed by atoms with E-state index in [1.807, 2.05) is 24.3 Å². The molecule has 1 fully saturated rings. The first kappa shape index (κ1) is 25.8. The number of nitrogens with zero attached hydrogens (tertiary/aromatic N) is 1. The number of hydrogen-bond acceptors (Lipinski definition) is 6. The lowest BCUT2D eigenvalue weighted by Crippen LogP contribution is -2.29. The highest BCUT2D eigenvalue weighted by atomic mass is 16.5. The molecule has 1 aliphatic rings. The van der Waals surface area contributed by atoms with Crippen LogP contribution in [0.3, 0.4) is 0 Å². The van der Waals surface area contributed by atoms with Gasteiger partial charge in [-0.1, -0.05) is 51.1 Å². The van der Waals surface area contributed by atoms with Gasteiger partial charge in [-0.05, 0) is 52.9 Å². The van der Waals surface area contributed by atoms with Crippen molar-refractivity contribution in [2.45, 2.75) is 32.2 Å². The van der Waals surface area contributed by atoms with Crippen LogP contribution < -0.4 is 19.1 Å². The molecular formula is C30H31NO6. The second-order valence-corrected chi connectivity index (χ2v) is 9.78. The molecule has 0 saturated carbocycles. The van der Waals surface area contributed by atoms with Gasteiger partial charge >= 0.3 is 0 Å². The number of amides is 1. The number of hydrogen-bond donors (Lipinski definition) is 1. The lowest BCUT2D eigenvalue weighted by atomic mass is 9.87. The predicted octanol–water partition coefficient (Wildman–Crippen LogP) is 5.64. The molecule has 1 atom stereocenters. The van der Waals surface area contributed by atoms with Crippen molar-refractivity contribution < 1.29 is 28.9 Å². The number of ketones is 1. The minimum atomic E-state index is -0.888. The second-order valence-electron chi connectivity index (χ2n) is 9.78. The van der Waals surface area contributed by atoms with Gasteiger partial charge in [-0.3, -0.25) is 14.5 Å². The summed E-state index contributed by atoms with van der Waals surface area (Å²) in [5.74, 6) is -0.660. The molecule has 0 radical (unpaired) electrons. The smallest absolute Gasteiger partial charge is 0.300 e. The van der Waals surface area contributed by atoms with Gasteiger partial charge in [-0.15, -0.1) is 0 Å². The molecule has 4 rings (SSSR count). The first-order valence-corrected chi connectivity index (χ1v) is 11.9. The highest BCUT2D eigenvalue weighted by Gasteiger charge is 2.47. The molecular weight excluding hydrogens is 470 g/mol. The van der Waals surface area contributed by atoms with Crippen molar-refractivity contribution >= 4 is 23.1 Å². The van der Waals surface area contributed by atoms with Gasteiger partial charge < -0.3 is 19.3 Å². The van der Waals surface area contributed by atoms with Gasteiger partial charge in [0.1, 0.15) is 28.6 Å². The summed E-state index contributed by atoms with van der Waals surface area (Å²) >= 11 is 0. The number of methoxy groups -OCH3 is 3. The summed E-state index contributed by atoms with van der Waals surface area (Å²) < 4.78 is 16.2. The number of carbonyl (C=O) groups excluding carboxylic acids is 2. The molecule has 0 aliphatic carbocycles. The molecule has 1 unspecified atom stereocenters. The van der Waals surface area contributed by atoms with Gasteiger partial charge in [0.25, 0.3) is 11.7 Å². The molecule has 1 amide bonds. The normalized spacial score (nSPS) is 17.1. The van der Waals surface area contributed by atoms with Crippen molar-refractivity contribution in [3.63, 3.8) is 0 Å². The van der Waals surface area contributed by atoms with Crippen LogP contribution in [-0.4, -0.2) is 38.1 Å². The second kappa shape index (κ2) is 10.0. The monoisotopic (exact) mass is 501 g/mol. The van der Waals surface area contributed by atoms with Crippen LogP contribution in [0.2, 0.25) is 0 Å². The molecule has 7 heteroatoms. The zero-order valence-corrected chi connectivity index (χ0v) is 21.9. The maximum Gasteiger partial charge on any atom is 0.300 e. The minimum Gasteiger partial charge on any atom is -0.506 e. The Balaban J connectivity index is 1.96. The summed E-state index contributed by atoms with van der Waals surface area (Å²) in [5.41, 5.74) is 2.33. The Labute approximate surface area is 216 Å². The zero-order valence-electron chi connectivity index (χ0n) is 21.9. The zero-order chi connectivity index (χ0) is 26.9. The van der Waals surface area contributed by atoms with E-state index in [1.54, 1.807) is 49.6 Å². The number of anilines is 1. The minimum absolute atomic E-state index is 0.0575. The summed E-state index contributed by atoms with van der Waals surface area (Å²) in [6.45, 7) is 6.31. The maximum absolute atomic E-state index is 13.5. The Morgan fingerprint density at radius 1 is 0.811 bits per heavy atom. The summed E-state index contributed by atoms with van der Waals surface area (Å²) in [5, 5.41) is 11.6. The van der Waals surface area contributed by atoms with Crippen LogP contribution in [0.1, 0.15) is 43.5 Å². The number of Topliss-reactive ketones (excluding diaryl/α,β-unsaturated/α-hetero) is 1. The van der Waals surface area contributed by atoms with Gasteiger partial charge in [0.05, 0.1) is 32.9 Å². The molecule has 1 aliphatic heterocycles. The molecule has 0 spiro atoms. The number of carbonyl (C=O) groups is 2. The van der Waals surface area contributed by atoms with Crippen molar-refractivity contribution in [3.8, 4) is 17.2 Å². The fourth-order valence-corrected chi connectivity index (χ4v) is 4.54.